The lowest BCUT2D eigenvalue weighted by Gasteiger charge is -2.31. The number of hydrogen-bond donors (Lipinski definition) is 2. The van der Waals surface area contributed by atoms with E-state index in [1.807, 2.05) is 0 Å². The highest BCUT2D eigenvalue weighted by atomic mass is 19.4. The average molecular weight is 274 g/mol. The number of alkyl halides is 3. The number of fused-ring (bicyclic) bond motifs is 1. The van der Waals surface area contributed by atoms with Crippen molar-refractivity contribution in [1.82, 2.24) is 0 Å². The van der Waals surface area contributed by atoms with E-state index in [1.165, 1.54) is 12.1 Å². The van der Waals surface area contributed by atoms with Gasteiger partial charge in [-0.25, -0.2) is 4.79 Å². The van der Waals surface area contributed by atoms with E-state index < -0.39 is 31.1 Å². The molecule has 1 aliphatic rings. The highest BCUT2D eigenvalue weighted by Gasteiger charge is 2.34. The van der Waals surface area contributed by atoms with E-state index in [4.69, 9.17) is 5.11 Å². The summed E-state index contributed by atoms with van der Waals surface area (Å²) in [6.07, 6.45) is -4.44. The molecule has 1 aliphatic heterocycles. The molecule has 8 heteroatoms. The number of aromatic carboxylic acids is 1. The third-order valence-corrected chi connectivity index (χ3v) is 2.56. The number of carboxylic acid groups (broad SMARTS) is 1. The number of nitrogens with zero attached hydrogens (tertiary/aromatic N) is 1. The molecule has 1 aromatic carbocycles. The minimum Gasteiger partial charge on any atom is -0.478 e. The van der Waals surface area contributed by atoms with Crippen LogP contribution in [0.1, 0.15) is 10.4 Å². The van der Waals surface area contributed by atoms with Gasteiger partial charge in [0.15, 0.2) is 0 Å². The van der Waals surface area contributed by atoms with Gasteiger partial charge in [0.25, 0.3) is 0 Å². The summed E-state index contributed by atoms with van der Waals surface area (Å²) >= 11 is 0. The van der Waals surface area contributed by atoms with Crippen molar-refractivity contribution in [2.45, 2.75) is 6.18 Å². The number of amides is 1. The normalized spacial score (nSPS) is 14.9. The number of carbonyl (C=O) groups is 2. The van der Waals surface area contributed by atoms with E-state index >= 15 is 0 Å². The van der Waals surface area contributed by atoms with Crippen LogP contribution in [0.25, 0.3) is 0 Å². The van der Waals surface area contributed by atoms with Crippen LogP contribution in [0.15, 0.2) is 18.2 Å². The fourth-order valence-corrected chi connectivity index (χ4v) is 1.85. The molecule has 2 N–H and O–H groups in total. The van der Waals surface area contributed by atoms with Crippen LogP contribution >= 0.6 is 0 Å². The number of nitrogens with one attached hydrogen (secondary N) is 1. The Morgan fingerprint density at radius 2 is 2.11 bits per heavy atom. The standard InChI is InChI=1S/C11H9F3N2O3/c12-11(13,14)5-16-4-9(17)15-7-3-6(10(18)19)1-2-8(7)16/h1-3H,4-5H2,(H,15,17)(H,18,19). The first-order chi connectivity index (χ1) is 8.76. The molecule has 0 spiro atoms. The summed E-state index contributed by atoms with van der Waals surface area (Å²) in [5, 5.41) is 11.2. The predicted octanol–water partition coefficient (Wildman–Crippen LogP) is 1.71. The van der Waals surface area contributed by atoms with Crippen molar-refractivity contribution in [3.63, 3.8) is 0 Å². The number of rotatable bonds is 2. The molecular formula is C11H9F3N2O3. The molecule has 1 aromatic rings. The van der Waals surface area contributed by atoms with Crippen molar-refractivity contribution in [2.75, 3.05) is 23.3 Å². The van der Waals surface area contributed by atoms with Crippen LogP contribution in [0.4, 0.5) is 24.5 Å². The van der Waals surface area contributed by atoms with Crippen molar-refractivity contribution in [3.05, 3.63) is 23.8 Å². The average Bonchev–Trinajstić information content (AvgIpc) is 2.25. The van der Waals surface area contributed by atoms with Gasteiger partial charge < -0.3 is 15.3 Å². The Balaban J connectivity index is 2.38. The van der Waals surface area contributed by atoms with Crippen LogP contribution in [0.3, 0.4) is 0 Å². The van der Waals surface area contributed by atoms with Gasteiger partial charge in [-0.1, -0.05) is 0 Å². The zero-order chi connectivity index (χ0) is 14.2. The van der Waals surface area contributed by atoms with Gasteiger partial charge in [0.1, 0.15) is 6.54 Å². The molecule has 0 fully saturated rings. The lowest BCUT2D eigenvalue weighted by Crippen LogP contribution is -2.43. The van der Waals surface area contributed by atoms with Gasteiger partial charge in [-0.15, -0.1) is 0 Å². The summed E-state index contributed by atoms with van der Waals surface area (Å²) in [7, 11) is 0. The topological polar surface area (TPSA) is 69.6 Å². The SMILES string of the molecule is O=C1CN(CC(F)(F)F)c2ccc(C(=O)O)cc2N1. The Bertz CT molecular complexity index is 542. The smallest absolute Gasteiger partial charge is 0.405 e. The molecule has 0 saturated heterocycles. The molecule has 19 heavy (non-hydrogen) atoms. The molecule has 0 saturated carbocycles. The van der Waals surface area contributed by atoms with E-state index in [2.05, 4.69) is 5.32 Å². The largest absolute Gasteiger partial charge is 0.478 e. The molecule has 0 radical (unpaired) electrons. The number of hydrogen-bond acceptors (Lipinski definition) is 3. The zero-order valence-corrected chi connectivity index (χ0v) is 9.49. The maximum absolute atomic E-state index is 12.4. The molecule has 1 heterocycles. The molecule has 1 amide bonds. The number of anilines is 2. The maximum Gasteiger partial charge on any atom is 0.405 e. The molecule has 2 rings (SSSR count). The van der Waals surface area contributed by atoms with E-state index in [9.17, 15) is 22.8 Å². The van der Waals surface area contributed by atoms with Gasteiger partial charge in [0.2, 0.25) is 5.91 Å². The van der Waals surface area contributed by atoms with E-state index in [1.54, 1.807) is 0 Å². The van der Waals surface area contributed by atoms with Gasteiger partial charge in [0, 0.05) is 0 Å². The highest BCUT2D eigenvalue weighted by Crippen LogP contribution is 2.32. The maximum atomic E-state index is 12.4. The van der Waals surface area contributed by atoms with Gasteiger partial charge in [-0.3, -0.25) is 4.79 Å². The van der Waals surface area contributed by atoms with Gasteiger partial charge >= 0.3 is 12.1 Å². The second-order valence-corrected chi connectivity index (χ2v) is 4.06. The summed E-state index contributed by atoms with van der Waals surface area (Å²) in [6.45, 7) is -1.68. The minimum absolute atomic E-state index is 0.0698. The third kappa shape index (κ3) is 2.95. The molecule has 0 bridgehead atoms. The summed E-state index contributed by atoms with van der Waals surface area (Å²) in [5.74, 6) is -1.83. The lowest BCUT2D eigenvalue weighted by atomic mass is 10.1. The van der Waals surface area contributed by atoms with E-state index in [-0.39, 0.29) is 16.9 Å². The summed E-state index contributed by atoms with van der Waals surface area (Å²) < 4.78 is 37.2. The second kappa shape index (κ2) is 4.45. The van der Waals surface area contributed by atoms with Crippen molar-refractivity contribution < 1.29 is 27.9 Å². The quantitative estimate of drug-likeness (QED) is 0.861. The summed E-state index contributed by atoms with van der Waals surface area (Å²) in [5.41, 5.74) is 0.121. The van der Waals surface area contributed by atoms with E-state index in [0.29, 0.717) is 0 Å². The highest BCUT2D eigenvalue weighted by molar-refractivity contribution is 6.03. The summed E-state index contributed by atoms with van der Waals surface area (Å²) in [4.78, 5) is 23.0. The van der Waals surface area contributed by atoms with Crippen LogP contribution in [-0.2, 0) is 4.79 Å². The molecule has 0 aliphatic carbocycles. The van der Waals surface area contributed by atoms with Crippen molar-refractivity contribution in [3.8, 4) is 0 Å². The van der Waals surface area contributed by atoms with Gasteiger partial charge in [-0.2, -0.15) is 13.2 Å². The van der Waals surface area contributed by atoms with Crippen LogP contribution in [0, 0.1) is 0 Å². The van der Waals surface area contributed by atoms with Crippen LogP contribution in [0.2, 0.25) is 0 Å². The lowest BCUT2D eigenvalue weighted by molar-refractivity contribution is -0.122. The van der Waals surface area contributed by atoms with Crippen molar-refractivity contribution in [1.29, 1.82) is 0 Å². The Morgan fingerprint density at radius 3 is 2.68 bits per heavy atom. The Hall–Kier alpha value is -2.25. The zero-order valence-electron chi connectivity index (χ0n) is 9.49. The molecule has 0 atom stereocenters. The van der Waals surface area contributed by atoms with Gasteiger partial charge in [0.05, 0.1) is 23.5 Å². The third-order valence-electron chi connectivity index (χ3n) is 2.56. The fourth-order valence-electron chi connectivity index (χ4n) is 1.85. The molecular weight excluding hydrogens is 265 g/mol. The first-order valence-electron chi connectivity index (χ1n) is 5.25. The van der Waals surface area contributed by atoms with Crippen LogP contribution < -0.4 is 10.2 Å². The molecule has 0 aromatic heterocycles. The van der Waals surface area contributed by atoms with E-state index in [0.717, 1.165) is 11.0 Å². The Kier molecular flexibility index (Phi) is 3.09. The fraction of sp³-hybridized carbons (Fsp3) is 0.273. The number of carboxylic acids is 1. The Morgan fingerprint density at radius 1 is 1.42 bits per heavy atom. The van der Waals surface area contributed by atoms with Crippen LogP contribution in [0.5, 0.6) is 0 Å². The van der Waals surface area contributed by atoms with Gasteiger partial charge in [-0.05, 0) is 18.2 Å². The molecule has 5 nitrogen and oxygen atoms in total. The summed E-state index contributed by atoms with van der Waals surface area (Å²) in [6, 6.07) is 3.59. The Labute approximate surface area is 105 Å². The first-order valence-corrected chi connectivity index (χ1v) is 5.25. The van der Waals surface area contributed by atoms with Crippen molar-refractivity contribution in [2.24, 2.45) is 0 Å². The first kappa shape index (κ1) is 13.2. The minimum atomic E-state index is -4.44. The molecule has 0 unspecified atom stereocenters. The molecule has 102 valence electrons. The number of halogens is 3. The monoisotopic (exact) mass is 274 g/mol. The second-order valence-electron chi connectivity index (χ2n) is 4.06. The van der Waals surface area contributed by atoms with Crippen LogP contribution in [-0.4, -0.2) is 36.2 Å². The predicted molar refractivity (Wildman–Crippen MR) is 60.3 cm³/mol. The van der Waals surface area contributed by atoms with Crippen molar-refractivity contribution >= 4 is 23.3 Å². The number of benzene rings is 1. The number of carbonyl (C=O) groups excluding carboxylic acids is 1.